The van der Waals surface area contributed by atoms with E-state index in [1.807, 2.05) is 19.1 Å². The molecule has 4 heteroatoms. The van der Waals surface area contributed by atoms with E-state index in [-0.39, 0.29) is 5.69 Å². The van der Waals surface area contributed by atoms with E-state index < -0.39 is 0 Å². The highest BCUT2D eigenvalue weighted by Crippen LogP contribution is 2.21. The van der Waals surface area contributed by atoms with Crippen LogP contribution in [0.4, 0.5) is 5.69 Å². The zero-order valence-electron chi connectivity index (χ0n) is 11.6. The van der Waals surface area contributed by atoms with Crippen molar-refractivity contribution in [1.29, 1.82) is 0 Å². The summed E-state index contributed by atoms with van der Waals surface area (Å²) in [5, 5.41) is 3.41. The second-order valence-corrected chi connectivity index (χ2v) is 5.13. The molecule has 20 heavy (non-hydrogen) atoms. The molecule has 0 aliphatic heterocycles. The monoisotopic (exact) mass is 267 g/mol. The van der Waals surface area contributed by atoms with Crippen LogP contribution in [0.1, 0.15) is 16.7 Å². The number of rotatable bonds is 3. The molecule has 0 amide bonds. The first-order valence-corrected chi connectivity index (χ1v) is 6.64. The lowest BCUT2D eigenvalue weighted by atomic mass is 10.1. The van der Waals surface area contributed by atoms with Crippen molar-refractivity contribution in [2.45, 2.75) is 20.4 Å². The Kier molecular flexibility index (Phi) is 3.06. The summed E-state index contributed by atoms with van der Waals surface area (Å²) in [6, 6.07) is 12.4. The van der Waals surface area contributed by atoms with Gasteiger partial charge in [-0.15, -0.1) is 0 Å². The number of H-pyrrole nitrogens is 2. The Morgan fingerprint density at radius 3 is 2.35 bits per heavy atom. The second-order valence-electron chi connectivity index (χ2n) is 5.13. The minimum atomic E-state index is -0.171. The quantitative estimate of drug-likeness (QED) is 0.683. The van der Waals surface area contributed by atoms with Crippen LogP contribution in [-0.4, -0.2) is 9.97 Å². The average Bonchev–Trinajstić information content (AvgIpc) is 2.77. The smallest absolute Gasteiger partial charge is 0.323 e. The van der Waals surface area contributed by atoms with Gasteiger partial charge in [-0.2, -0.15) is 0 Å². The fraction of sp³-hybridized carbons (Fsp3) is 0.188. The first-order chi connectivity index (χ1) is 9.61. The van der Waals surface area contributed by atoms with E-state index in [1.54, 1.807) is 0 Å². The van der Waals surface area contributed by atoms with Gasteiger partial charge >= 0.3 is 5.69 Å². The van der Waals surface area contributed by atoms with E-state index in [4.69, 9.17) is 0 Å². The number of hydrogen-bond donors (Lipinski definition) is 3. The van der Waals surface area contributed by atoms with Gasteiger partial charge in [0.05, 0.1) is 11.0 Å². The topological polar surface area (TPSA) is 60.7 Å². The Labute approximate surface area is 116 Å². The fourth-order valence-corrected chi connectivity index (χ4v) is 2.28. The van der Waals surface area contributed by atoms with Crippen molar-refractivity contribution < 1.29 is 0 Å². The SMILES string of the molecule is Cc1ccc(CNc2cc3[nH]c(=O)[nH]c3cc2C)cc1. The highest BCUT2D eigenvalue weighted by Gasteiger charge is 2.04. The molecule has 0 aliphatic carbocycles. The van der Waals surface area contributed by atoms with Crippen molar-refractivity contribution in [3.05, 3.63) is 63.6 Å². The van der Waals surface area contributed by atoms with Gasteiger partial charge in [0.2, 0.25) is 0 Å². The van der Waals surface area contributed by atoms with Gasteiger partial charge in [0, 0.05) is 12.2 Å². The van der Waals surface area contributed by atoms with Gasteiger partial charge in [0.25, 0.3) is 0 Å². The van der Waals surface area contributed by atoms with Crippen LogP contribution in [0.15, 0.2) is 41.2 Å². The zero-order valence-corrected chi connectivity index (χ0v) is 11.6. The lowest BCUT2D eigenvalue weighted by Crippen LogP contribution is -2.01. The van der Waals surface area contributed by atoms with E-state index >= 15 is 0 Å². The first kappa shape index (κ1) is 12.5. The number of anilines is 1. The fourth-order valence-electron chi connectivity index (χ4n) is 2.28. The molecule has 0 radical (unpaired) electrons. The largest absolute Gasteiger partial charge is 0.381 e. The maximum Gasteiger partial charge on any atom is 0.323 e. The number of nitrogens with one attached hydrogen (secondary N) is 3. The molecule has 4 nitrogen and oxygen atoms in total. The molecule has 1 aromatic heterocycles. The third-order valence-electron chi connectivity index (χ3n) is 3.46. The maximum atomic E-state index is 11.3. The molecule has 0 atom stereocenters. The van der Waals surface area contributed by atoms with E-state index in [0.29, 0.717) is 0 Å². The standard InChI is InChI=1S/C16H17N3O/c1-10-3-5-12(6-4-10)9-17-13-8-15-14(7-11(13)2)18-16(20)19-15/h3-8,17H,9H2,1-2H3,(H2,18,19,20). The van der Waals surface area contributed by atoms with Gasteiger partial charge in [0.1, 0.15) is 0 Å². The Bertz CT molecular complexity index is 797. The Morgan fingerprint density at radius 1 is 1.00 bits per heavy atom. The highest BCUT2D eigenvalue weighted by molar-refractivity contribution is 5.80. The highest BCUT2D eigenvalue weighted by atomic mass is 16.1. The predicted molar refractivity (Wildman–Crippen MR) is 82.2 cm³/mol. The van der Waals surface area contributed by atoms with Crippen LogP contribution in [0.3, 0.4) is 0 Å². The summed E-state index contributed by atoms with van der Waals surface area (Å²) >= 11 is 0. The molecule has 0 bridgehead atoms. The molecule has 2 aromatic carbocycles. The molecule has 3 aromatic rings. The van der Waals surface area contributed by atoms with Gasteiger partial charge in [-0.3, -0.25) is 0 Å². The number of benzene rings is 2. The van der Waals surface area contributed by atoms with Crippen molar-refractivity contribution in [3.63, 3.8) is 0 Å². The first-order valence-electron chi connectivity index (χ1n) is 6.64. The lowest BCUT2D eigenvalue weighted by molar-refractivity contribution is 1.14. The molecule has 0 saturated carbocycles. The normalized spacial score (nSPS) is 10.9. The number of hydrogen-bond acceptors (Lipinski definition) is 2. The summed E-state index contributed by atoms with van der Waals surface area (Å²) < 4.78 is 0. The molecule has 1 heterocycles. The number of aromatic nitrogens is 2. The zero-order chi connectivity index (χ0) is 14.1. The molecule has 102 valence electrons. The van der Waals surface area contributed by atoms with Gasteiger partial charge in [-0.1, -0.05) is 29.8 Å². The molecule has 3 N–H and O–H groups in total. The predicted octanol–water partition coefficient (Wildman–Crippen LogP) is 3.09. The molecule has 0 saturated heterocycles. The third kappa shape index (κ3) is 2.45. The molecular formula is C16H17N3O. The number of fused-ring (bicyclic) bond motifs is 1. The molecule has 3 rings (SSSR count). The number of imidazole rings is 1. The molecule has 0 unspecified atom stereocenters. The third-order valence-corrected chi connectivity index (χ3v) is 3.46. The Balaban J connectivity index is 1.84. The number of aromatic amines is 2. The van der Waals surface area contributed by atoms with Crippen LogP contribution >= 0.6 is 0 Å². The van der Waals surface area contributed by atoms with E-state index in [9.17, 15) is 4.79 Å². The summed E-state index contributed by atoms with van der Waals surface area (Å²) in [5.41, 5.74) is 6.14. The minimum absolute atomic E-state index is 0.171. The second kappa shape index (κ2) is 4.89. The minimum Gasteiger partial charge on any atom is -0.381 e. The summed E-state index contributed by atoms with van der Waals surface area (Å²) in [6.45, 7) is 4.88. The number of aryl methyl sites for hydroxylation is 2. The molecule has 0 aliphatic rings. The van der Waals surface area contributed by atoms with Crippen LogP contribution in [0.5, 0.6) is 0 Å². The van der Waals surface area contributed by atoms with Crippen LogP contribution in [0, 0.1) is 13.8 Å². The molecule has 0 fully saturated rings. The Morgan fingerprint density at radius 2 is 1.65 bits per heavy atom. The van der Waals surface area contributed by atoms with Crippen molar-refractivity contribution >= 4 is 16.7 Å². The van der Waals surface area contributed by atoms with Gasteiger partial charge in [-0.05, 0) is 37.1 Å². The van der Waals surface area contributed by atoms with Gasteiger partial charge in [0.15, 0.2) is 0 Å². The van der Waals surface area contributed by atoms with Crippen LogP contribution < -0.4 is 11.0 Å². The lowest BCUT2D eigenvalue weighted by Gasteiger charge is -2.10. The van der Waals surface area contributed by atoms with E-state index in [0.717, 1.165) is 28.8 Å². The summed E-state index contributed by atoms with van der Waals surface area (Å²) in [5.74, 6) is 0. The summed E-state index contributed by atoms with van der Waals surface area (Å²) in [6.07, 6.45) is 0. The van der Waals surface area contributed by atoms with Crippen molar-refractivity contribution in [2.24, 2.45) is 0 Å². The average molecular weight is 267 g/mol. The maximum absolute atomic E-state index is 11.3. The molecular weight excluding hydrogens is 250 g/mol. The van der Waals surface area contributed by atoms with Gasteiger partial charge in [-0.25, -0.2) is 4.79 Å². The summed E-state index contributed by atoms with van der Waals surface area (Å²) in [7, 11) is 0. The van der Waals surface area contributed by atoms with E-state index in [1.165, 1.54) is 11.1 Å². The van der Waals surface area contributed by atoms with E-state index in [2.05, 4.69) is 46.5 Å². The van der Waals surface area contributed by atoms with Crippen molar-refractivity contribution in [1.82, 2.24) is 9.97 Å². The van der Waals surface area contributed by atoms with Crippen LogP contribution in [-0.2, 0) is 6.54 Å². The van der Waals surface area contributed by atoms with Crippen molar-refractivity contribution in [2.75, 3.05) is 5.32 Å². The van der Waals surface area contributed by atoms with Crippen LogP contribution in [0.25, 0.3) is 11.0 Å². The molecule has 0 spiro atoms. The Hall–Kier alpha value is -2.49. The van der Waals surface area contributed by atoms with Crippen molar-refractivity contribution in [3.8, 4) is 0 Å². The summed E-state index contributed by atoms with van der Waals surface area (Å²) in [4.78, 5) is 16.8. The van der Waals surface area contributed by atoms with Crippen LogP contribution in [0.2, 0.25) is 0 Å². The van der Waals surface area contributed by atoms with Gasteiger partial charge < -0.3 is 15.3 Å².